The Morgan fingerprint density at radius 3 is 2.08 bits per heavy atom. The Morgan fingerprint density at radius 1 is 1.17 bits per heavy atom. The first-order chi connectivity index (χ1) is 5.57. The van der Waals surface area contributed by atoms with Crippen LogP contribution in [0.15, 0.2) is 35.5 Å². The molecule has 0 aliphatic carbocycles. The standard InChI is InChI=1S/C12H20/c1-6-7-8-12(11(4)5)9-10(2)3/h6,9H,1,7-8H2,2-5H3. The zero-order chi connectivity index (χ0) is 9.56. The first-order valence-electron chi connectivity index (χ1n) is 4.50. The summed E-state index contributed by atoms with van der Waals surface area (Å²) in [4.78, 5) is 0. The normalized spacial score (nSPS) is 9.00. The van der Waals surface area contributed by atoms with Gasteiger partial charge in [0.2, 0.25) is 0 Å². The number of hydrogen-bond acceptors (Lipinski definition) is 0. The summed E-state index contributed by atoms with van der Waals surface area (Å²) < 4.78 is 0. The molecule has 68 valence electrons. The molecule has 0 spiro atoms. The van der Waals surface area contributed by atoms with Crippen LogP contribution in [0, 0.1) is 0 Å². The average molecular weight is 164 g/mol. The highest BCUT2D eigenvalue weighted by atomic mass is 14.0. The largest absolute Gasteiger partial charge is 0.103 e. The third-order valence-electron chi connectivity index (χ3n) is 1.72. The Bertz CT molecular complexity index is 196. The highest BCUT2D eigenvalue weighted by molar-refractivity contribution is 5.26. The highest BCUT2D eigenvalue weighted by Crippen LogP contribution is 2.14. The summed E-state index contributed by atoms with van der Waals surface area (Å²) in [5, 5.41) is 0. The van der Waals surface area contributed by atoms with Crippen molar-refractivity contribution in [2.75, 3.05) is 0 Å². The van der Waals surface area contributed by atoms with E-state index in [1.165, 1.54) is 16.7 Å². The summed E-state index contributed by atoms with van der Waals surface area (Å²) >= 11 is 0. The van der Waals surface area contributed by atoms with Crippen molar-refractivity contribution in [2.45, 2.75) is 40.5 Å². The van der Waals surface area contributed by atoms with E-state index < -0.39 is 0 Å². The van der Waals surface area contributed by atoms with E-state index in [0.717, 1.165) is 12.8 Å². The summed E-state index contributed by atoms with van der Waals surface area (Å²) in [6.45, 7) is 12.3. The van der Waals surface area contributed by atoms with Crippen molar-refractivity contribution in [3.63, 3.8) is 0 Å². The quantitative estimate of drug-likeness (QED) is 0.430. The lowest BCUT2D eigenvalue weighted by atomic mass is 10.0. The highest BCUT2D eigenvalue weighted by Gasteiger charge is 1.94. The fourth-order valence-electron chi connectivity index (χ4n) is 1.07. The van der Waals surface area contributed by atoms with Gasteiger partial charge >= 0.3 is 0 Å². The molecular formula is C12H20. The van der Waals surface area contributed by atoms with E-state index in [2.05, 4.69) is 40.3 Å². The maximum Gasteiger partial charge on any atom is -0.0245 e. The van der Waals surface area contributed by atoms with Crippen LogP contribution in [0.4, 0.5) is 0 Å². The van der Waals surface area contributed by atoms with Gasteiger partial charge in [0, 0.05) is 0 Å². The van der Waals surface area contributed by atoms with E-state index in [9.17, 15) is 0 Å². The van der Waals surface area contributed by atoms with Gasteiger partial charge in [0.25, 0.3) is 0 Å². The topological polar surface area (TPSA) is 0 Å². The molecule has 0 N–H and O–H groups in total. The number of hydrogen-bond donors (Lipinski definition) is 0. The number of allylic oxidation sites excluding steroid dienone is 5. The van der Waals surface area contributed by atoms with Crippen molar-refractivity contribution in [3.8, 4) is 0 Å². The molecule has 0 radical (unpaired) electrons. The lowest BCUT2D eigenvalue weighted by molar-refractivity contribution is 0.982. The summed E-state index contributed by atoms with van der Waals surface area (Å²) in [6, 6.07) is 0. The molecule has 0 aromatic heterocycles. The minimum Gasteiger partial charge on any atom is -0.103 e. The van der Waals surface area contributed by atoms with Crippen molar-refractivity contribution in [1.29, 1.82) is 0 Å². The van der Waals surface area contributed by atoms with Crippen LogP contribution >= 0.6 is 0 Å². The molecule has 0 atom stereocenters. The van der Waals surface area contributed by atoms with Crippen LogP contribution in [0.1, 0.15) is 40.5 Å². The Morgan fingerprint density at radius 2 is 1.75 bits per heavy atom. The molecule has 0 saturated carbocycles. The van der Waals surface area contributed by atoms with Crippen LogP contribution in [-0.2, 0) is 0 Å². The minimum atomic E-state index is 1.07. The second kappa shape index (κ2) is 5.82. The zero-order valence-electron chi connectivity index (χ0n) is 8.78. The molecule has 0 nitrogen and oxygen atoms in total. The Kier molecular flexibility index (Phi) is 5.44. The molecule has 0 unspecified atom stereocenters. The van der Waals surface area contributed by atoms with Gasteiger partial charge in [-0.3, -0.25) is 0 Å². The summed E-state index contributed by atoms with van der Waals surface area (Å²) in [5.41, 5.74) is 4.24. The molecule has 0 saturated heterocycles. The molecule has 0 aromatic carbocycles. The van der Waals surface area contributed by atoms with Crippen LogP contribution in [-0.4, -0.2) is 0 Å². The van der Waals surface area contributed by atoms with Gasteiger partial charge < -0.3 is 0 Å². The molecule has 0 rings (SSSR count). The zero-order valence-corrected chi connectivity index (χ0v) is 8.78. The van der Waals surface area contributed by atoms with Gasteiger partial charge in [-0.15, -0.1) is 6.58 Å². The van der Waals surface area contributed by atoms with E-state index >= 15 is 0 Å². The number of rotatable bonds is 4. The maximum absolute atomic E-state index is 3.73. The molecular weight excluding hydrogens is 144 g/mol. The first kappa shape index (κ1) is 11.2. The molecule has 12 heavy (non-hydrogen) atoms. The summed E-state index contributed by atoms with van der Waals surface area (Å²) in [7, 11) is 0. The van der Waals surface area contributed by atoms with Crippen LogP contribution < -0.4 is 0 Å². The van der Waals surface area contributed by atoms with E-state index in [-0.39, 0.29) is 0 Å². The Balaban J connectivity index is 4.37. The van der Waals surface area contributed by atoms with Crippen molar-refractivity contribution >= 4 is 0 Å². The van der Waals surface area contributed by atoms with Gasteiger partial charge in [-0.05, 0) is 46.1 Å². The van der Waals surface area contributed by atoms with Crippen molar-refractivity contribution in [3.05, 3.63) is 35.5 Å². The molecule has 0 aromatic rings. The van der Waals surface area contributed by atoms with E-state index in [1.807, 2.05) is 6.08 Å². The fraction of sp³-hybridized carbons (Fsp3) is 0.500. The van der Waals surface area contributed by atoms with E-state index in [0.29, 0.717) is 0 Å². The monoisotopic (exact) mass is 164 g/mol. The van der Waals surface area contributed by atoms with Gasteiger partial charge in [0.15, 0.2) is 0 Å². The van der Waals surface area contributed by atoms with Crippen LogP contribution in [0.5, 0.6) is 0 Å². The summed E-state index contributed by atoms with van der Waals surface area (Å²) in [6.07, 6.45) is 6.43. The van der Waals surface area contributed by atoms with Crippen LogP contribution in [0.3, 0.4) is 0 Å². The third kappa shape index (κ3) is 4.95. The summed E-state index contributed by atoms with van der Waals surface area (Å²) in [5.74, 6) is 0. The predicted molar refractivity (Wildman–Crippen MR) is 57.2 cm³/mol. The van der Waals surface area contributed by atoms with Crippen molar-refractivity contribution in [1.82, 2.24) is 0 Å². The lowest BCUT2D eigenvalue weighted by Crippen LogP contribution is -1.83. The lowest BCUT2D eigenvalue weighted by Gasteiger charge is -2.03. The van der Waals surface area contributed by atoms with E-state index in [4.69, 9.17) is 0 Å². The van der Waals surface area contributed by atoms with Gasteiger partial charge in [-0.25, -0.2) is 0 Å². The molecule has 0 bridgehead atoms. The van der Waals surface area contributed by atoms with Gasteiger partial charge in [0.1, 0.15) is 0 Å². The van der Waals surface area contributed by atoms with Crippen LogP contribution in [0.2, 0.25) is 0 Å². The molecule has 0 aliphatic heterocycles. The second-order valence-corrected chi connectivity index (χ2v) is 3.57. The SMILES string of the molecule is C=CCCC(C=C(C)C)=C(C)C. The smallest absolute Gasteiger partial charge is 0.0245 e. The molecule has 0 fully saturated rings. The fourth-order valence-corrected chi connectivity index (χ4v) is 1.07. The Labute approximate surface area is 76.7 Å². The minimum absolute atomic E-state index is 1.07. The van der Waals surface area contributed by atoms with Gasteiger partial charge in [-0.2, -0.15) is 0 Å². The molecule has 0 heteroatoms. The third-order valence-corrected chi connectivity index (χ3v) is 1.72. The molecule has 0 amide bonds. The van der Waals surface area contributed by atoms with Gasteiger partial charge in [-0.1, -0.05) is 23.3 Å². The molecule has 0 heterocycles. The predicted octanol–water partition coefficient (Wildman–Crippen LogP) is 4.26. The second-order valence-electron chi connectivity index (χ2n) is 3.57. The molecule has 0 aliphatic rings. The van der Waals surface area contributed by atoms with E-state index in [1.54, 1.807) is 0 Å². The maximum atomic E-state index is 3.73. The van der Waals surface area contributed by atoms with Crippen LogP contribution in [0.25, 0.3) is 0 Å². The van der Waals surface area contributed by atoms with Crippen molar-refractivity contribution in [2.24, 2.45) is 0 Å². The van der Waals surface area contributed by atoms with Gasteiger partial charge in [0.05, 0.1) is 0 Å². The Hall–Kier alpha value is -0.780. The average Bonchev–Trinajstić information content (AvgIpc) is 1.96. The van der Waals surface area contributed by atoms with Crippen molar-refractivity contribution < 1.29 is 0 Å². The first-order valence-corrected chi connectivity index (χ1v) is 4.50.